The highest BCUT2D eigenvalue weighted by Crippen LogP contribution is 2.21. The maximum absolute atomic E-state index is 10.8. The molecule has 0 saturated carbocycles. The monoisotopic (exact) mass is 182 g/mol. The Morgan fingerprint density at radius 2 is 1.92 bits per heavy atom. The molecule has 1 aliphatic carbocycles. The van der Waals surface area contributed by atoms with Gasteiger partial charge in [-0.15, -0.1) is 0 Å². The van der Waals surface area contributed by atoms with Crippen molar-refractivity contribution in [3.63, 3.8) is 0 Å². The lowest BCUT2D eigenvalue weighted by Gasteiger charge is -2.24. The number of hydrogen-bond acceptors (Lipinski definition) is 2. The summed E-state index contributed by atoms with van der Waals surface area (Å²) in [7, 11) is 0. The van der Waals surface area contributed by atoms with E-state index in [1.165, 1.54) is 6.92 Å². The molecular weight excluding hydrogens is 164 g/mol. The molecule has 0 amide bonds. The second kappa shape index (κ2) is 5.05. The van der Waals surface area contributed by atoms with Crippen LogP contribution in [0.3, 0.4) is 0 Å². The molecule has 0 saturated heterocycles. The third kappa shape index (κ3) is 3.62. The van der Waals surface area contributed by atoms with Gasteiger partial charge in [-0.05, 0) is 31.6 Å². The lowest BCUT2D eigenvalue weighted by Crippen LogP contribution is -2.24. The summed E-state index contributed by atoms with van der Waals surface area (Å²) in [5, 5.41) is 0. The summed E-state index contributed by atoms with van der Waals surface area (Å²) in [6.45, 7) is 3.65. The Bertz CT molecular complexity index is 196. The number of allylic oxidation sites excluding steroid dienone is 2. The van der Waals surface area contributed by atoms with Crippen molar-refractivity contribution in [1.29, 1.82) is 0 Å². The molecule has 0 heterocycles. The number of carbonyl (C=O) groups excluding carboxylic acids is 1. The number of carbonyl (C=O) groups is 1. The van der Waals surface area contributed by atoms with Crippen LogP contribution in [-0.2, 0) is 9.53 Å². The van der Waals surface area contributed by atoms with Crippen molar-refractivity contribution in [2.45, 2.75) is 45.6 Å². The molecule has 0 fully saturated rings. The van der Waals surface area contributed by atoms with Crippen LogP contribution in [0, 0.1) is 5.92 Å². The Hall–Kier alpha value is -0.790. The summed E-state index contributed by atoms with van der Waals surface area (Å²) >= 11 is 0. The van der Waals surface area contributed by atoms with Gasteiger partial charge in [0.05, 0.1) is 0 Å². The summed E-state index contributed by atoms with van der Waals surface area (Å²) in [6.07, 6.45) is 8.76. The van der Waals surface area contributed by atoms with Gasteiger partial charge in [-0.25, -0.2) is 0 Å². The Kier molecular flexibility index (Phi) is 4.00. The van der Waals surface area contributed by atoms with Crippen LogP contribution in [0.2, 0.25) is 0 Å². The van der Waals surface area contributed by atoms with E-state index in [-0.39, 0.29) is 12.1 Å². The van der Waals surface area contributed by atoms with Crippen LogP contribution in [0.1, 0.15) is 39.5 Å². The van der Waals surface area contributed by atoms with Gasteiger partial charge >= 0.3 is 5.97 Å². The summed E-state index contributed by atoms with van der Waals surface area (Å²) < 4.78 is 5.27. The van der Waals surface area contributed by atoms with Crippen LogP contribution in [0.15, 0.2) is 12.2 Å². The van der Waals surface area contributed by atoms with E-state index in [0.717, 1.165) is 25.7 Å². The maximum Gasteiger partial charge on any atom is 0.302 e. The molecule has 0 aromatic heterocycles. The molecule has 2 unspecified atom stereocenters. The third-order valence-corrected chi connectivity index (χ3v) is 2.53. The van der Waals surface area contributed by atoms with Crippen LogP contribution >= 0.6 is 0 Å². The zero-order valence-electron chi connectivity index (χ0n) is 8.45. The normalized spacial score (nSPS) is 31.5. The van der Waals surface area contributed by atoms with Gasteiger partial charge in [0, 0.05) is 6.92 Å². The van der Waals surface area contributed by atoms with Gasteiger partial charge in [-0.2, -0.15) is 0 Å². The molecule has 0 bridgehead atoms. The fraction of sp³-hybridized carbons (Fsp3) is 0.727. The highest BCUT2D eigenvalue weighted by Gasteiger charge is 2.19. The lowest BCUT2D eigenvalue weighted by molar-refractivity contribution is -0.149. The van der Waals surface area contributed by atoms with Crippen molar-refractivity contribution in [3.8, 4) is 0 Å². The van der Waals surface area contributed by atoms with Gasteiger partial charge in [0.1, 0.15) is 6.10 Å². The van der Waals surface area contributed by atoms with E-state index < -0.39 is 0 Å². The number of ether oxygens (including phenoxy) is 1. The molecular formula is C11H18O2. The molecule has 0 N–H and O–H groups in total. The Balaban J connectivity index is 2.48. The molecule has 0 spiro atoms. The third-order valence-electron chi connectivity index (χ3n) is 2.53. The number of hydrogen-bond donors (Lipinski definition) is 0. The van der Waals surface area contributed by atoms with Gasteiger partial charge in [-0.1, -0.05) is 19.1 Å². The maximum atomic E-state index is 10.8. The standard InChI is InChI=1S/C11H18O2/c1-9-7-5-3-4-6-8-11(9)13-10(2)12/h3-4,9,11H,5-8H2,1-2H3/b4-3-. The highest BCUT2D eigenvalue weighted by atomic mass is 16.5. The second-order valence-electron chi connectivity index (χ2n) is 3.75. The average molecular weight is 182 g/mol. The summed E-state index contributed by atoms with van der Waals surface area (Å²) in [5.74, 6) is 0.343. The first-order valence-corrected chi connectivity index (χ1v) is 5.02. The zero-order chi connectivity index (χ0) is 9.68. The average Bonchev–Trinajstić information content (AvgIpc) is 2.04. The molecule has 2 heteroatoms. The Labute approximate surface area is 80.0 Å². The molecule has 0 aromatic rings. The number of esters is 1. The van der Waals surface area contributed by atoms with Crippen LogP contribution in [0.25, 0.3) is 0 Å². The molecule has 13 heavy (non-hydrogen) atoms. The minimum absolute atomic E-state index is 0.127. The SMILES string of the molecule is CC(=O)OC1CC/C=C\CCC1C. The predicted molar refractivity (Wildman–Crippen MR) is 52.3 cm³/mol. The fourth-order valence-electron chi connectivity index (χ4n) is 1.71. The van der Waals surface area contributed by atoms with Crippen LogP contribution in [0.5, 0.6) is 0 Å². The lowest BCUT2D eigenvalue weighted by atomic mass is 9.93. The van der Waals surface area contributed by atoms with Crippen molar-refractivity contribution >= 4 is 5.97 Å². The van der Waals surface area contributed by atoms with E-state index in [0.29, 0.717) is 5.92 Å². The van der Waals surface area contributed by atoms with Crippen molar-refractivity contribution < 1.29 is 9.53 Å². The summed E-state index contributed by atoms with van der Waals surface area (Å²) in [6, 6.07) is 0. The zero-order valence-corrected chi connectivity index (χ0v) is 8.45. The molecule has 74 valence electrons. The largest absolute Gasteiger partial charge is 0.462 e. The van der Waals surface area contributed by atoms with Crippen LogP contribution in [-0.4, -0.2) is 12.1 Å². The van der Waals surface area contributed by atoms with E-state index >= 15 is 0 Å². The van der Waals surface area contributed by atoms with E-state index in [2.05, 4.69) is 19.1 Å². The molecule has 1 aliphatic rings. The fourth-order valence-corrected chi connectivity index (χ4v) is 1.71. The van der Waals surface area contributed by atoms with Crippen molar-refractivity contribution in [1.82, 2.24) is 0 Å². The van der Waals surface area contributed by atoms with E-state index in [1.807, 2.05) is 0 Å². The van der Waals surface area contributed by atoms with Gasteiger partial charge in [-0.3, -0.25) is 4.79 Å². The molecule has 2 nitrogen and oxygen atoms in total. The van der Waals surface area contributed by atoms with Gasteiger partial charge < -0.3 is 4.74 Å². The van der Waals surface area contributed by atoms with Crippen LogP contribution < -0.4 is 0 Å². The van der Waals surface area contributed by atoms with Crippen molar-refractivity contribution in [2.24, 2.45) is 5.92 Å². The topological polar surface area (TPSA) is 26.3 Å². The van der Waals surface area contributed by atoms with E-state index in [4.69, 9.17) is 4.74 Å². The number of rotatable bonds is 1. The molecule has 2 atom stereocenters. The van der Waals surface area contributed by atoms with Crippen molar-refractivity contribution in [3.05, 3.63) is 12.2 Å². The van der Waals surface area contributed by atoms with E-state index in [1.54, 1.807) is 0 Å². The van der Waals surface area contributed by atoms with Gasteiger partial charge in [0.25, 0.3) is 0 Å². The molecule has 0 radical (unpaired) electrons. The summed E-state index contributed by atoms with van der Waals surface area (Å²) in [4.78, 5) is 10.8. The molecule has 0 aliphatic heterocycles. The summed E-state index contributed by atoms with van der Waals surface area (Å²) in [5.41, 5.74) is 0. The predicted octanol–water partition coefficient (Wildman–Crippen LogP) is 2.68. The van der Waals surface area contributed by atoms with Crippen molar-refractivity contribution in [2.75, 3.05) is 0 Å². The van der Waals surface area contributed by atoms with Crippen LogP contribution in [0.4, 0.5) is 0 Å². The highest BCUT2D eigenvalue weighted by molar-refractivity contribution is 5.66. The quantitative estimate of drug-likeness (QED) is 0.460. The Morgan fingerprint density at radius 3 is 2.54 bits per heavy atom. The minimum atomic E-state index is -0.151. The first-order chi connectivity index (χ1) is 6.20. The van der Waals surface area contributed by atoms with Gasteiger partial charge in [0.15, 0.2) is 0 Å². The molecule has 0 aromatic carbocycles. The minimum Gasteiger partial charge on any atom is -0.462 e. The first kappa shape index (κ1) is 10.3. The van der Waals surface area contributed by atoms with E-state index in [9.17, 15) is 4.79 Å². The smallest absolute Gasteiger partial charge is 0.302 e. The molecule has 1 rings (SSSR count). The Morgan fingerprint density at radius 1 is 1.31 bits per heavy atom. The second-order valence-corrected chi connectivity index (χ2v) is 3.75. The first-order valence-electron chi connectivity index (χ1n) is 5.02. The van der Waals surface area contributed by atoms with Gasteiger partial charge in [0.2, 0.25) is 0 Å².